The van der Waals surface area contributed by atoms with Crippen LogP contribution in [0.5, 0.6) is 11.5 Å². The third kappa shape index (κ3) is 5.50. The fourth-order valence-electron chi connectivity index (χ4n) is 3.10. The summed E-state index contributed by atoms with van der Waals surface area (Å²) in [6, 6.07) is 7.18. The summed E-state index contributed by atoms with van der Waals surface area (Å²) in [7, 11) is 0. The maximum atomic E-state index is 13.4. The molecule has 0 bridgehead atoms. The lowest BCUT2D eigenvalue weighted by molar-refractivity contribution is 0.297. The second-order valence-corrected chi connectivity index (χ2v) is 10.2. The summed E-state index contributed by atoms with van der Waals surface area (Å²) in [5.74, 6) is 1.42. The van der Waals surface area contributed by atoms with Crippen molar-refractivity contribution in [1.82, 2.24) is 9.66 Å². The molecule has 0 amide bonds. The molecule has 0 atom stereocenters. The number of hydrogen-bond acceptors (Lipinski definition) is 5. The van der Waals surface area contributed by atoms with Crippen LogP contribution in [0.15, 0.2) is 55.8 Å². The molecule has 3 rings (SSSR count). The molecule has 0 saturated heterocycles. The first-order valence-electron chi connectivity index (χ1n) is 10.2. The molecule has 0 aliphatic carbocycles. The molecular weight excluding hydrogens is 574 g/mol. The monoisotopic (exact) mass is 595 g/mol. The van der Waals surface area contributed by atoms with Gasteiger partial charge in [0.05, 0.1) is 23.7 Å². The molecule has 33 heavy (non-hydrogen) atoms. The summed E-state index contributed by atoms with van der Waals surface area (Å²) in [6.07, 6.45) is 3.18. The van der Waals surface area contributed by atoms with Gasteiger partial charge in [0.25, 0.3) is 5.56 Å². The van der Waals surface area contributed by atoms with Crippen LogP contribution in [0, 0.1) is 0 Å². The second-order valence-electron chi connectivity index (χ2n) is 8.16. The van der Waals surface area contributed by atoms with Crippen molar-refractivity contribution in [3.63, 3.8) is 0 Å². The van der Waals surface area contributed by atoms with Gasteiger partial charge < -0.3 is 9.47 Å². The van der Waals surface area contributed by atoms with Crippen molar-refractivity contribution in [2.24, 2.45) is 5.10 Å². The number of benzene rings is 2. The van der Waals surface area contributed by atoms with Crippen molar-refractivity contribution in [3.05, 3.63) is 72.6 Å². The van der Waals surface area contributed by atoms with E-state index in [9.17, 15) is 4.79 Å². The second kappa shape index (κ2) is 10.4. The predicted molar refractivity (Wildman–Crippen MR) is 141 cm³/mol. The number of rotatable bonds is 7. The van der Waals surface area contributed by atoms with E-state index < -0.39 is 5.41 Å². The number of hydrogen-bond donors (Lipinski definition) is 0. The first-order valence-corrected chi connectivity index (χ1v) is 12.2. The van der Waals surface area contributed by atoms with Gasteiger partial charge in [-0.3, -0.25) is 4.79 Å². The molecule has 1 aromatic heterocycles. The lowest BCUT2D eigenvalue weighted by Crippen LogP contribution is -2.29. The zero-order valence-electron chi connectivity index (χ0n) is 18.8. The van der Waals surface area contributed by atoms with Crippen molar-refractivity contribution >= 4 is 60.6 Å². The summed E-state index contributed by atoms with van der Waals surface area (Å²) < 4.78 is 14.1. The van der Waals surface area contributed by atoms with Gasteiger partial charge in [-0.05, 0) is 47.1 Å². The van der Waals surface area contributed by atoms with Crippen LogP contribution >= 0.6 is 43.5 Å². The van der Waals surface area contributed by atoms with E-state index in [4.69, 9.17) is 26.1 Å². The Morgan fingerprint density at radius 3 is 2.61 bits per heavy atom. The standard InChI is InChI=1S/C24H24Br2ClN3O3/c1-6-10-33-21-18(32-7-2)11-14(19(26)20(21)27)13-28-30-22(31)16-12-15(25)8-9-17(16)29-23(30)24(3,4)5/h6,8-9,11-13H,1,7,10H2,2-5H3. The topological polar surface area (TPSA) is 65.7 Å². The van der Waals surface area contributed by atoms with Crippen molar-refractivity contribution in [2.45, 2.75) is 33.1 Å². The van der Waals surface area contributed by atoms with Gasteiger partial charge in [0.15, 0.2) is 11.5 Å². The van der Waals surface area contributed by atoms with Gasteiger partial charge in [0.2, 0.25) is 0 Å². The van der Waals surface area contributed by atoms with E-state index in [1.165, 1.54) is 4.68 Å². The summed E-state index contributed by atoms with van der Waals surface area (Å²) in [6.45, 7) is 12.2. The number of nitrogens with zero attached hydrogens (tertiary/aromatic N) is 3. The molecule has 2 aromatic carbocycles. The Balaban J connectivity index is 2.20. The van der Waals surface area contributed by atoms with Crippen LogP contribution in [0.4, 0.5) is 0 Å². The number of halogens is 3. The minimum atomic E-state index is -0.425. The smallest absolute Gasteiger partial charge is 0.282 e. The van der Waals surface area contributed by atoms with Crippen molar-refractivity contribution < 1.29 is 9.47 Å². The van der Waals surface area contributed by atoms with Gasteiger partial charge >= 0.3 is 0 Å². The molecule has 0 N–H and O–H groups in total. The number of ether oxygens (including phenoxy) is 2. The Kier molecular flexibility index (Phi) is 8.03. The predicted octanol–water partition coefficient (Wildman–Crippen LogP) is 6.72. The largest absolute Gasteiger partial charge is 0.490 e. The van der Waals surface area contributed by atoms with Gasteiger partial charge in [-0.15, -0.1) is 0 Å². The molecule has 0 radical (unpaired) electrons. The third-order valence-corrected chi connectivity index (χ3v) is 6.53. The fraction of sp³-hybridized carbons (Fsp3) is 0.292. The first kappa shape index (κ1) is 25.5. The fourth-order valence-corrected chi connectivity index (χ4v) is 4.11. The maximum Gasteiger partial charge on any atom is 0.282 e. The normalized spacial score (nSPS) is 11.8. The minimum Gasteiger partial charge on any atom is -0.490 e. The number of fused-ring (bicyclic) bond motifs is 1. The van der Waals surface area contributed by atoms with Crippen LogP contribution in [0.3, 0.4) is 0 Å². The molecule has 0 fully saturated rings. The highest BCUT2D eigenvalue weighted by Gasteiger charge is 2.23. The van der Waals surface area contributed by atoms with E-state index in [2.05, 4.69) is 43.5 Å². The van der Waals surface area contributed by atoms with Gasteiger partial charge in [0.1, 0.15) is 17.5 Å². The summed E-state index contributed by atoms with van der Waals surface area (Å²) in [4.78, 5) is 18.1. The van der Waals surface area contributed by atoms with Crippen LogP contribution in [-0.2, 0) is 5.41 Å². The summed E-state index contributed by atoms with van der Waals surface area (Å²) >= 11 is 13.5. The molecule has 0 spiro atoms. The average molecular weight is 598 g/mol. The Labute approximate surface area is 214 Å². The molecular formula is C24H24Br2ClN3O3. The van der Waals surface area contributed by atoms with Crippen molar-refractivity contribution in [3.8, 4) is 11.5 Å². The first-order chi connectivity index (χ1) is 15.6. The molecule has 174 valence electrons. The highest BCUT2D eigenvalue weighted by atomic mass is 79.9. The Morgan fingerprint density at radius 2 is 1.97 bits per heavy atom. The molecule has 9 heteroatoms. The molecule has 0 unspecified atom stereocenters. The molecule has 6 nitrogen and oxygen atoms in total. The highest BCUT2D eigenvalue weighted by Crippen LogP contribution is 2.42. The molecule has 0 saturated carbocycles. The zero-order valence-corrected chi connectivity index (χ0v) is 22.7. The minimum absolute atomic E-state index is 0.263. The highest BCUT2D eigenvalue weighted by molar-refractivity contribution is 9.10. The quantitative estimate of drug-likeness (QED) is 0.224. The van der Waals surface area contributed by atoms with E-state index in [1.54, 1.807) is 24.4 Å². The number of aromatic nitrogens is 2. The molecule has 0 aliphatic rings. The van der Waals surface area contributed by atoms with Gasteiger partial charge in [-0.2, -0.15) is 9.78 Å². The van der Waals surface area contributed by atoms with E-state index in [-0.39, 0.29) is 12.2 Å². The lowest BCUT2D eigenvalue weighted by atomic mass is 9.95. The molecule has 0 aliphatic heterocycles. The molecule has 3 aromatic rings. The average Bonchev–Trinajstić information content (AvgIpc) is 2.75. The van der Waals surface area contributed by atoms with Gasteiger partial charge in [-0.1, -0.05) is 61.0 Å². The Bertz CT molecular complexity index is 1300. The van der Waals surface area contributed by atoms with E-state index in [1.807, 2.05) is 39.8 Å². The van der Waals surface area contributed by atoms with Gasteiger partial charge in [0, 0.05) is 19.9 Å². The maximum absolute atomic E-state index is 13.4. The van der Waals surface area contributed by atoms with Crippen LogP contribution in [-0.4, -0.2) is 29.1 Å². The SMILES string of the molecule is C=CCOc1c(OCC)cc(C=Nn2c(C(C)(C)C)nc3ccc(Br)cc3c2=O)c(Br)c1Cl. The van der Waals surface area contributed by atoms with Crippen molar-refractivity contribution in [2.75, 3.05) is 13.2 Å². The van der Waals surface area contributed by atoms with E-state index in [0.29, 0.717) is 49.9 Å². The lowest BCUT2D eigenvalue weighted by Gasteiger charge is -2.21. The zero-order chi connectivity index (χ0) is 24.3. The van der Waals surface area contributed by atoms with Crippen LogP contribution in [0.25, 0.3) is 10.9 Å². The van der Waals surface area contributed by atoms with Crippen LogP contribution in [0.1, 0.15) is 39.1 Å². The van der Waals surface area contributed by atoms with E-state index >= 15 is 0 Å². The third-order valence-electron chi connectivity index (χ3n) is 4.59. The van der Waals surface area contributed by atoms with Crippen LogP contribution in [0.2, 0.25) is 5.02 Å². The van der Waals surface area contributed by atoms with Crippen LogP contribution < -0.4 is 15.0 Å². The van der Waals surface area contributed by atoms with E-state index in [0.717, 1.165) is 4.47 Å². The van der Waals surface area contributed by atoms with Gasteiger partial charge in [-0.25, -0.2) is 4.98 Å². The Morgan fingerprint density at radius 1 is 1.24 bits per heavy atom. The molecule has 1 heterocycles. The Hall–Kier alpha value is -2.16. The summed E-state index contributed by atoms with van der Waals surface area (Å²) in [5.41, 5.74) is 0.549. The summed E-state index contributed by atoms with van der Waals surface area (Å²) in [5, 5.41) is 5.33. The van der Waals surface area contributed by atoms with Crippen molar-refractivity contribution in [1.29, 1.82) is 0 Å².